The Morgan fingerprint density at radius 2 is 2.08 bits per heavy atom. The van der Waals surface area contributed by atoms with Crippen molar-refractivity contribution in [1.82, 2.24) is 4.98 Å². The van der Waals surface area contributed by atoms with Crippen molar-refractivity contribution < 1.29 is 0 Å². The SMILES string of the molecule is [CH2]CCc1c(C)[nH]c2ccccc12. The summed E-state index contributed by atoms with van der Waals surface area (Å²) in [5, 5.41) is 1.35. The van der Waals surface area contributed by atoms with Crippen LogP contribution in [0.4, 0.5) is 0 Å². The number of fused-ring (bicyclic) bond motifs is 1. The summed E-state index contributed by atoms with van der Waals surface area (Å²) < 4.78 is 0. The summed E-state index contributed by atoms with van der Waals surface area (Å²) in [4.78, 5) is 3.38. The Morgan fingerprint density at radius 3 is 2.85 bits per heavy atom. The zero-order valence-corrected chi connectivity index (χ0v) is 7.93. The predicted molar refractivity (Wildman–Crippen MR) is 56.7 cm³/mol. The van der Waals surface area contributed by atoms with Crippen LogP contribution in [-0.4, -0.2) is 4.98 Å². The van der Waals surface area contributed by atoms with Crippen molar-refractivity contribution in [2.75, 3.05) is 0 Å². The number of aromatic amines is 1. The molecule has 1 heteroatoms. The van der Waals surface area contributed by atoms with Crippen LogP contribution in [0.5, 0.6) is 0 Å². The van der Waals surface area contributed by atoms with Crippen molar-refractivity contribution in [3.63, 3.8) is 0 Å². The highest BCUT2D eigenvalue weighted by Crippen LogP contribution is 2.22. The van der Waals surface area contributed by atoms with E-state index in [-0.39, 0.29) is 0 Å². The van der Waals surface area contributed by atoms with Gasteiger partial charge in [0.25, 0.3) is 0 Å². The first-order valence-electron chi connectivity index (χ1n) is 4.68. The second-order valence-corrected chi connectivity index (χ2v) is 3.38. The normalized spacial score (nSPS) is 10.9. The molecule has 0 saturated heterocycles. The van der Waals surface area contributed by atoms with Crippen molar-refractivity contribution in [2.24, 2.45) is 0 Å². The van der Waals surface area contributed by atoms with E-state index in [2.05, 4.69) is 43.1 Å². The summed E-state index contributed by atoms with van der Waals surface area (Å²) in [5.41, 5.74) is 3.94. The van der Waals surface area contributed by atoms with E-state index in [1.807, 2.05) is 0 Å². The van der Waals surface area contributed by atoms with Crippen molar-refractivity contribution >= 4 is 10.9 Å². The number of aryl methyl sites for hydroxylation is 2. The molecule has 13 heavy (non-hydrogen) atoms. The molecule has 0 spiro atoms. The van der Waals surface area contributed by atoms with Crippen LogP contribution >= 0.6 is 0 Å². The van der Waals surface area contributed by atoms with Gasteiger partial charge in [0.2, 0.25) is 0 Å². The molecule has 1 nitrogen and oxygen atoms in total. The Kier molecular flexibility index (Phi) is 2.09. The molecule has 2 rings (SSSR count). The summed E-state index contributed by atoms with van der Waals surface area (Å²) in [6, 6.07) is 8.44. The summed E-state index contributed by atoms with van der Waals surface area (Å²) in [6.45, 7) is 6.02. The molecule has 0 fully saturated rings. The Labute approximate surface area is 78.8 Å². The molecular formula is C12H14N. The van der Waals surface area contributed by atoms with Crippen LogP contribution in [0.15, 0.2) is 24.3 Å². The number of hydrogen-bond acceptors (Lipinski definition) is 0. The fourth-order valence-electron chi connectivity index (χ4n) is 1.83. The lowest BCUT2D eigenvalue weighted by Gasteiger charge is -1.96. The van der Waals surface area contributed by atoms with Gasteiger partial charge in [-0.25, -0.2) is 0 Å². The van der Waals surface area contributed by atoms with E-state index in [1.165, 1.54) is 22.2 Å². The molecular weight excluding hydrogens is 158 g/mol. The van der Waals surface area contributed by atoms with Crippen LogP contribution in [0, 0.1) is 13.8 Å². The van der Waals surface area contributed by atoms with Crippen molar-refractivity contribution in [1.29, 1.82) is 0 Å². The number of hydrogen-bond donors (Lipinski definition) is 1. The Morgan fingerprint density at radius 1 is 1.31 bits per heavy atom. The number of H-pyrrole nitrogens is 1. The minimum Gasteiger partial charge on any atom is -0.358 e. The zero-order valence-electron chi connectivity index (χ0n) is 7.93. The fourth-order valence-corrected chi connectivity index (χ4v) is 1.83. The number of nitrogens with one attached hydrogen (secondary N) is 1. The van der Waals surface area contributed by atoms with Gasteiger partial charge in [0, 0.05) is 16.6 Å². The van der Waals surface area contributed by atoms with Crippen molar-refractivity contribution in [3.8, 4) is 0 Å². The van der Waals surface area contributed by atoms with Crippen LogP contribution < -0.4 is 0 Å². The number of para-hydroxylation sites is 1. The highest BCUT2D eigenvalue weighted by Gasteiger charge is 2.05. The summed E-state index contributed by atoms with van der Waals surface area (Å²) in [6.07, 6.45) is 2.03. The van der Waals surface area contributed by atoms with Crippen molar-refractivity contribution in [3.05, 3.63) is 42.4 Å². The van der Waals surface area contributed by atoms with Gasteiger partial charge in [-0.15, -0.1) is 0 Å². The minimum absolute atomic E-state index is 0.961. The molecule has 0 aliphatic rings. The third kappa shape index (κ3) is 1.35. The van der Waals surface area contributed by atoms with Crippen LogP contribution in [0.2, 0.25) is 0 Å². The Balaban J connectivity index is 2.64. The Hall–Kier alpha value is -1.24. The quantitative estimate of drug-likeness (QED) is 0.715. The van der Waals surface area contributed by atoms with E-state index in [0.29, 0.717) is 0 Å². The highest BCUT2D eigenvalue weighted by molar-refractivity contribution is 5.84. The predicted octanol–water partition coefficient (Wildman–Crippen LogP) is 3.24. The molecule has 0 saturated carbocycles. The molecule has 0 atom stereocenters. The van der Waals surface area contributed by atoms with Crippen LogP contribution in [0.1, 0.15) is 17.7 Å². The molecule has 2 aromatic rings. The standard InChI is InChI=1S/C12H14N/c1-3-6-10-9(2)13-12-8-5-4-7-11(10)12/h4-5,7-8,13H,1,3,6H2,2H3. The molecule has 0 aliphatic heterocycles. The lowest BCUT2D eigenvalue weighted by atomic mass is 10.1. The molecule has 1 heterocycles. The van der Waals surface area contributed by atoms with Crippen LogP contribution in [-0.2, 0) is 6.42 Å². The molecule has 1 N–H and O–H groups in total. The first-order valence-corrected chi connectivity index (χ1v) is 4.68. The molecule has 0 amide bonds. The summed E-state index contributed by atoms with van der Waals surface area (Å²) in [7, 11) is 0. The average Bonchev–Trinajstić information content (AvgIpc) is 2.44. The number of aromatic nitrogens is 1. The first-order chi connectivity index (χ1) is 6.33. The Bertz CT molecular complexity index is 412. The molecule has 0 unspecified atom stereocenters. The maximum absolute atomic E-state index is 3.89. The number of rotatable bonds is 2. The highest BCUT2D eigenvalue weighted by atomic mass is 14.7. The maximum atomic E-state index is 3.89. The lowest BCUT2D eigenvalue weighted by molar-refractivity contribution is 0.990. The summed E-state index contributed by atoms with van der Waals surface area (Å²) >= 11 is 0. The number of benzene rings is 1. The minimum atomic E-state index is 0.961. The van der Waals surface area contributed by atoms with E-state index in [4.69, 9.17) is 0 Å². The van der Waals surface area contributed by atoms with Gasteiger partial charge >= 0.3 is 0 Å². The van der Waals surface area contributed by atoms with Crippen LogP contribution in [0.25, 0.3) is 10.9 Å². The van der Waals surface area contributed by atoms with Crippen molar-refractivity contribution in [2.45, 2.75) is 19.8 Å². The van der Waals surface area contributed by atoms with Gasteiger partial charge in [0.1, 0.15) is 0 Å². The molecule has 1 radical (unpaired) electrons. The monoisotopic (exact) mass is 172 g/mol. The smallest absolute Gasteiger partial charge is 0.0458 e. The van der Waals surface area contributed by atoms with Gasteiger partial charge in [-0.1, -0.05) is 25.1 Å². The van der Waals surface area contributed by atoms with E-state index < -0.39 is 0 Å². The van der Waals surface area contributed by atoms with E-state index >= 15 is 0 Å². The molecule has 1 aromatic heterocycles. The van der Waals surface area contributed by atoms with Crippen LogP contribution in [0.3, 0.4) is 0 Å². The van der Waals surface area contributed by atoms with Gasteiger partial charge in [0.05, 0.1) is 0 Å². The van der Waals surface area contributed by atoms with Gasteiger partial charge < -0.3 is 4.98 Å². The molecule has 67 valence electrons. The zero-order chi connectivity index (χ0) is 9.26. The molecule has 1 aromatic carbocycles. The van der Waals surface area contributed by atoms with E-state index in [0.717, 1.165) is 12.8 Å². The second-order valence-electron chi connectivity index (χ2n) is 3.38. The van der Waals surface area contributed by atoms with Gasteiger partial charge in [-0.2, -0.15) is 0 Å². The maximum Gasteiger partial charge on any atom is 0.0458 e. The fraction of sp³-hybridized carbons (Fsp3) is 0.250. The third-order valence-corrected chi connectivity index (χ3v) is 2.45. The average molecular weight is 172 g/mol. The third-order valence-electron chi connectivity index (χ3n) is 2.45. The molecule has 0 bridgehead atoms. The van der Waals surface area contributed by atoms with Gasteiger partial charge in [0.15, 0.2) is 0 Å². The van der Waals surface area contributed by atoms with E-state index in [9.17, 15) is 0 Å². The first kappa shape index (κ1) is 8.36. The summed E-state index contributed by atoms with van der Waals surface area (Å²) in [5.74, 6) is 0. The lowest BCUT2D eigenvalue weighted by Crippen LogP contribution is -1.83. The second kappa shape index (κ2) is 3.25. The van der Waals surface area contributed by atoms with Gasteiger partial charge in [-0.3, -0.25) is 0 Å². The van der Waals surface area contributed by atoms with Gasteiger partial charge in [-0.05, 0) is 31.4 Å². The molecule has 0 aliphatic carbocycles. The topological polar surface area (TPSA) is 15.8 Å². The largest absolute Gasteiger partial charge is 0.358 e. The van der Waals surface area contributed by atoms with E-state index in [1.54, 1.807) is 0 Å².